The zero-order chi connectivity index (χ0) is 15.3. The molecule has 0 aliphatic heterocycles. The minimum Gasteiger partial charge on any atom is -0.477 e. The molecule has 0 aliphatic carbocycles. The summed E-state index contributed by atoms with van der Waals surface area (Å²) in [7, 11) is 0. The van der Waals surface area contributed by atoms with Crippen LogP contribution in [0.3, 0.4) is 0 Å². The number of carbonyl (C=O) groups excluding carboxylic acids is 1. The van der Waals surface area contributed by atoms with Crippen molar-refractivity contribution in [3.8, 4) is 0 Å². The first-order valence-electron chi connectivity index (χ1n) is 6.19. The third-order valence-electron chi connectivity index (χ3n) is 2.14. The third kappa shape index (κ3) is 5.13. The van der Waals surface area contributed by atoms with E-state index in [-0.39, 0.29) is 5.70 Å². The third-order valence-corrected chi connectivity index (χ3v) is 2.14. The lowest BCUT2D eigenvalue weighted by atomic mass is 10.2. The zero-order valence-electron chi connectivity index (χ0n) is 12.0. The van der Waals surface area contributed by atoms with Gasteiger partial charge < -0.3 is 9.84 Å². The predicted octanol–water partition coefficient (Wildman–Crippen LogP) is 1.85. The van der Waals surface area contributed by atoms with Crippen molar-refractivity contribution in [2.24, 2.45) is 0 Å². The maximum Gasteiger partial charge on any atom is 0.412 e. The number of nitrogens with one attached hydrogen (secondary N) is 1. The molecule has 1 amide bonds. The highest BCUT2D eigenvalue weighted by Crippen LogP contribution is 2.08. The van der Waals surface area contributed by atoms with E-state index in [1.165, 1.54) is 6.08 Å². The average molecular weight is 281 g/mol. The number of hydrogen-bond donors (Lipinski definition) is 2. The highest BCUT2D eigenvalue weighted by molar-refractivity contribution is 5.95. The molecular weight excluding hydrogens is 262 g/mol. The summed E-state index contributed by atoms with van der Waals surface area (Å²) in [6.07, 6.45) is 2.18. The molecule has 0 bridgehead atoms. The van der Waals surface area contributed by atoms with Crippen LogP contribution in [0.2, 0.25) is 0 Å². The van der Waals surface area contributed by atoms with Crippen LogP contribution in [-0.2, 0) is 16.1 Å². The minimum absolute atomic E-state index is 0.291. The van der Waals surface area contributed by atoms with E-state index in [4.69, 9.17) is 9.84 Å². The van der Waals surface area contributed by atoms with Gasteiger partial charge in [0, 0.05) is 12.7 Å². The van der Waals surface area contributed by atoms with Crippen molar-refractivity contribution >= 4 is 18.1 Å². The molecule has 0 aliphatic rings. The van der Waals surface area contributed by atoms with E-state index in [1.54, 1.807) is 37.7 Å². The number of hydrogen-bond acceptors (Lipinski definition) is 4. The van der Waals surface area contributed by atoms with Crippen LogP contribution in [0, 0.1) is 0 Å². The van der Waals surface area contributed by atoms with Gasteiger partial charge >= 0.3 is 12.1 Å². The lowest BCUT2D eigenvalue weighted by Gasteiger charge is -2.19. The molecule has 0 saturated heterocycles. The van der Waals surface area contributed by atoms with Gasteiger partial charge in [0.25, 0.3) is 0 Å². The van der Waals surface area contributed by atoms with Crippen LogP contribution < -0.4 is 5.32 Å². The molecule has 7 nitrogen and oxygen atoms in total. The van der Waals surface area contributed by atoms with Crippen LogP contribution in [0.4, 0.5) is 4.79 Å². The van der Waals surface area contributed by atoms with Crippen molar-refractivity contribution in [3.05, 3.63) is 23.7 Å². The molecule has 7 heteroatoms. The van der Waals surface area contributed by atoms with Gasteiger partial charge in [-0.3, -0.25) is 10.00 Å². The fourth-order valence-corrected chi connectivity index (χ4v) is 1.34. The number of carbonyl (C=O) groups is 2. The Hall–Kier alpha value is -2.31. The average Bonchev–Trinajstić information content (AvgIpc) is 2.73. The number of aryl methyl sites for hydroxylation is 1. The summed E-state index contributed by atoms with van der Waals surface area (Å²) in [6.45, 7) is 7.67. The molecule has 0 atom stereocenters. The molecule has 110 valence electrons. The Balaban J connectivity index is 2.84. The Bertz CT molecular complexity index is 526. The van der Waals surface area contributed by atoms with Crippen LogP contribution in [0.1, 0.15) is 33.4 Å². The van der Waals surface area contributed by atoms with Crippen molar-refractivity contribution in [2.45, 2.75) is 39.8 Å². The van der Waals surface area contributed by atoms with Gasteiger partial charge in [0.2, 0.25) is 0 Å². The SMILES string of the molecule is CCn1ccc(C=C(NC(=O)OC(C)(C)C)C(=O)O)n1. The number of amides is 1. The molecule has 0 aromatic carbocycles. The second-order valence-electron chi connectivity index (χ2n) is 5.09. The zero-order valence-corrected chi connectivity index (χ0v) is 12.0. The highest BCUT2D eigenvalue weighted by Gasteiger charge is 2.19. The van der Waals surface area contributed by atoms with Gasteiger partial charge in [-0.25, -0.2) is 9.59 Å². The molecule has 2 N–H and O–H groups in total. The summed E-state index contributed by atoms with van der Waals surface area (Å²) in [5.41, 5.74) is -0.543. The summed E-state index contributed by atoms with van der Waals surface area (Å²) in [5.74, 6) is -1.26. The number of aliphatic carboxylic acids is 1. The predicted molar refractivity (Wildman–Crippen MR) is 72.9 cm³/mol. The maximum atomic E-state index is 11.6. The van der Waals surface area contributed by atoms with Crippen LogP contribution >= 0.6 is 0 Å². The maximum absolute atomic E-state index is 11.6. The molecular formula is C13H19N3O4. The molecule has 0 fully saturated rings. The first kappa shape index (κ1) is 15.7. The summed E-state index contributed by atoms with van der Waals surface area (Å²) in [6, 6.07) is 1.66. The molecule has 1 aromatic rings. The van der Waals surface area contributed by atoms with Crippen molar-refractivity contribution in [1.82, 2.24) is 15.1 Å². The Morgan fingerprint density at radius 3 is 2.60 bits per heavy atom. The van der Waals surface area contributed by atoms with Crippen LogP contribution in [0.15, 0.2) is 18.0 Å². The lowest BCUT2D eigenvalue weighted by molar-refractivity contribution is -0.133. The Kier molecular flexibility index (Phi) is 4.90. The van der Waals surface area contributed by atoms with Crippen molar-refractivity contribution in [3.63, 3.8) is 0 Å². The first-order chi connectivity index (χ1) is 9.21. The van der Waals surface area contributed by atoms with Crippen molar-refractivity contribution in [1.29, 1.82) is 0 Å². The number of ether oxygens (including phenoxy) is 1. The molecule has 1 heterocycles. The molecule has 20 heavy (non-hydrogen) atoms. The Labute approximate surface area is 117 Å². The fourth-order valence-electron chi connectivity index (χ4n) is 1.34. The number of rotatable bonds is 4. The standard InChI is InChI=1S/C13H19N3O4/c1-5-16-7-6-9(15-16)8-10(11(17)18)14-12(19)20-13(2,3)4/h6-8H,5H2,1-4H3,(H,14,19)(H,17,18). The largest absolute Gasteiger partial charge is 0.477 e. The van der Waals surface area contributed by atoms with Gasteiger partial charge in [-0.15, -0.1) is 0 Å². The lowest BCUT2D eigenvalue weighted by Crippen LogP contribution is -2.34. The number of nitrogens with zero attached hydrogens (tertiary/aromatic N) is 2. The molecule has 0 radical (unpaired) electrons. The summed E-state index contributed by atoms with van der Waals surface area (Å²) < 4.78 is 6.65. The van der Waals surface area contributed by atoms with Gasteiger partial charge in [0.15, 0.2) is 0 Å². The van der Waals surface area contributed by atoms with Gasteiger partial charge in [-0.05, 0) is 39.8 Å². The summed E-state index contributed by atoms with van der Waals surface area (Å²) in [4.78, 5) is 22.7. The number of carboxylic acids is 1. The number of aromatic nitrogens is 2. The van der Waals surface area contributed by atoms with E-state index < -0.39 is 17.7 Å². The normalized spacial score (nSPS) is 12.1. The highest BCUT2D eigenvalue weighted by atomic mass is 16.6. The second kappa shape index (κ2) is 6.23. The van der Waals surface area contributed by atoms with Gasteiger partial charge in [0.1, 0.15) is 11.3 Å². The first-order valence-corrected chi connectivity index (χ1v) is 6.19. The van der Waals surface area contributed by atoms with E-state index in [2.05, 4.69) is 10.4 Å². The quantitative estimate of drug-likeness (QED) is 0.821. The monoisotopic (exact) mass is 281 g/mol. The van der Waals surface area contributed by atoms with Crippen molar-refractivity contribution < 1.29 is 19.4 Å². The van der Waals surface area contributed by atoms with E-state index >= 15 is 0 Å². The number of alkyl carbamates (subject to hydrolysis) is 1. The second-order valence-corrected chi connectivity index (χ2v) is 5.09. The van der Waals surface area contributed by atoms with E-state index in [0.29, 0.717) is 12.2 Å². The molecule has 0 spiro atoms. The molecule has 0 saturated carbocycles. The summed E-state index contributed by atoms with van der Waals surface area (Å²) in [5, 5.41) is 15.4. The van der Waals surface area contributed by atoms with Gasteiger partial charge in [0.05, 0.1) is 5.69 Å². The van der Waals surface area contributed by atoms with E-state index in [1.807, 2.05) is 6.92 Å². The summed E-state index contributed by atoms with van der Waals surface area (Å²) >= 11 is 0. The van der Waals surface area contributed by atoms with E-state index in [0.717, 1.165) is 0 Å². The minimum atomic E-state index is -1.26. The molecule has 1 aromatic heterocycles. The van der Waals surface area contributed by atoms with Gasteiger partial charge in [-0.2, -0.15) is 5.10 Å². The molecule has 1 rings (SSSR count). The van der Waals surface area contributed by atoms with Gasteiger partial charge in [-0.1, -0.05) is 0 Å². The van der Waals surface area contributed by atoms with Crippen molar-refractivity contribution in [2.75, 3.05) is 0 Å². The molecule has 0 unspecified atom stereocenters. The fraction of sp³-hybridized carbons (Fsp3) is 0.462. The number of carboxylic acid groups (broad SMARTS) is 1. The smallest absolute Gasteiger partial charge is 0.412 e. The van der Waals surface area contributed by atoms with Crippen LogP contribution in [0.25, 0.3) is 6.08 Å². The Morgan fingerprint density at radius 2 is 2.15 bits per heavy atom. The topological polar surface area (TPSA) is 93.5 Å². The van der Waals surface area contributed by atoms with E-state index in [9.17, 15) is 9.59 Å². The van der Waals surface area contributed by atoms with Crippen LogP contribution in [-0.4, -0.2) is 32.6 Å². The van der Waals surface area contributed by atoms with Crippen LogP contribution in [0.5, 0.6) is 0 Å². The Morgan fingerprint density at radius 1 is 1.50 bits per heavy atom.